The van der Waals surface area contributed by atoms with Crippen molar-refractivity contribution in [1.82, 2.24) is 19.9 Å². The number of ether oxygens (including phenoxy) is 1. The summed E-state index contributed by atoms with van der Waals surface area (Å²) in [5, 5.41) is 14.9. The fourth-order valence-corrected chi connectivity index (χ4v) is 4.96. The van der Waals surface area contributed by atoms with Crippen molar-refractivity contribution in [2.24, 2.45) is 9.98 Å². The van der Waals surface area contributed by atoms with Crippen molar-refractivity contribution in [3.63, 3.8) is 0 Å². The lowest BCUT2D eigenvalue weighted by molar-refractivity contribution is -0.141. The van der Waals surface area contributed by atoms with Crippen LogP contribution < -0.4 is 22.1 Å². The molecule has 2 aliphatic heterocycles. The number of methoxy groups -OCH3 is 1. The number of Topliss-reactive ketones (excluding diaryl/α,β-unsaturated/α-hetero) is 2. The van der Waals surface area contributed by atoms with Crippen LogP contribution in [0, 0.1) is 0 Å². The Morgan fingerprint density at radius 1 is 0.714 bits per heavy atom. The van der Waals surface area contributed by atoms with Crippen LogP contribution in [-0.4, -0.2) is 67.1 Å². The Morgan fingerprint density at radius 3 is 1.61 bits per heavy atom. The minimum atomic E-state index is -1.00. The van der Waals surface area contributed by atoms with Gasteiger partial charge in [-0.15, -0.1) is 0 Å². The maximum atomic E-state index is 12.3. The van der Waals surface area contributed by atoms with Crippen LogP contribution in [0.3, 0.4) is 0 Å². The summed E-state index contributed by atoms with van der Waals surface area (Å²) in [6, 6.07) is 14.5. The zero-order valence-electron chi connectivity index (χ0n) is 26.3. The number of aliphatic imine (C=N–C) groups is 2. The third kappa shape index (κ3) is 8.82. The van der Waals surface area contributed by atoms with Gasteiger partial charge in [0.2, 0.25) is 11.9 Å². The summed E-state index contributed by atoms with van der Waals surface area (Å²) >= 11 is 0. The number of carboxylic acid groups (broad SMARTS) is 1. The molecule has 4 heterocycles. The van der Waals surface area contributed by atoms with Crippen LogP contribution in [0.4, 0.5) is 34.9 Å². The molecule has 16 nitrogen and oxygen atoms in total. The van der Waals surface area contributed by atoms with Crippen LogP contribution >= 0.6 is 0 Å². The number of hydrogen-bond donors (Lipinski definition) is 5. The minimum Gasteiger partial charge on any atom is -0.481 e. The maximum absolute atomic E-state index is 12.3. The maximum Gasteiger partial charge on any atom is 0.305 e. The lowest BCUT2D eigenvalue weighted by atomic mass is 10.00. The number of hydrogen-bond acceptors (Lipinski definition) is 15. The predicted molar refractivity (Wildman–Crippen MR) is 181 cm³/mol. The molecule has 250 valence electrons. The molecule has 49 heavy (non-hydrogen) atoms. The molecule has 0 radical (unpaired) electrons. The van der Waals surface area contributed by atoms with E-state index in [1.54, 1.807) is 30.6 Å². The molecular weight excluding hydrogens is 632 g/mol. The number of aromatic nitrogens is 4. The Hall–Kier alpha value is -6.58. The van der Waals surface area contributed by atoms with E-state index in [1.807, 2.05) is 30.3 Å². The summed E-state index contributed by atoms with van der Waals surface area (Å²) in [5.74, 6) is -0.425. The number of rotatable bonds is 12. The molecule has 0 atom stereocenters. The zero-order valence-corrected chi connectivity index (χ0v) is 26.3. The molecule has 6 rings (SSSR count). The summed E-state index contributed by atoms with van der Waals surface area (Å²) in [6.07, 6.45) is 2.95. The van der Waals surface area contributed by atoms with Crippen molar-refractivity contribution in [3.05, 3.63) is 83.2 Å². The summed E-state index contributed by atoms with van der Waals surface area (Å²) in [7, 11) is 1.30. The molecule has 7 N–H and O–H groups in total. The number of carbonyl (C=O) groups is 4. The van der Waals surface area contributed by atoms with E-state index in [0.29, 0.717) is 36.1 Å². The van der Waals surface area contributed by atoms with E-state index in [1.165, 1.54) is 7.11 Å². The van der Waals surface area contributed by atoms with E-state index in [0.717, 1.165) is 33.6 Å². The monoisotopic (exact) mass is 664 g/mol. The number of esters is 1. The van der Waals surface area contributed by atoms with Crippen LogP contribution in [0.5, 0.6) is 0 Å². The molecule has 0 saturated carbocycles. The molecule has 0 saturated heterocycles. The highest BCUT2D eigenvalue weighted by molar-refractivity contribution is 6.48. The average molecular weight is 665 g/mol. The van der Waals surface area contributed by atoms with Gasteiger partial charge in [-0.3, -0.25) is 29.2 Å². The molecule has 0 unspecified atom stereocenters. The molecule has 0 aliphatic carbocycles. The number of fused-ring (bicyclic) bond motifs is 2. The Kier molecular flexibility index (Phi) is 10.6. The Balaban J connectivity index is 0.000000191. The largest absolute Gasteiger partial charge is 0.481 e. The van der Waals surface area contributed by atoms with Crippen LogP contribution in [0.15, 0.2) is 70.9 Å². The third-order valence-corrected chi connectivity index (χ3v) is 7.32. The second kappa shape index (κ2) is 15.3. The van der Waals surface area contributed by atoms with Gasteiger partial charge in [0.25, 0.3) is 0 Å². The topological polar surface area (TPSA) is 250 Å². The fraction of sp³-hybridized carbons (Fsp3) is 0.212. The lowest BCUT2D eigenvalue weighted by Crippen LogP contribution is -2.16. The molecule has 4 aromatic rings. The van der Waals surface area contributed by atoms with Crippen molar-refractivity contribution >= 4 is 69.8 Å². The van der Waals surface area contributed by atoms with Gasteiger partial charge in [0.1, 0.15) is 23.1 Å². The van der Waals surface area contributed by atoms with Crippen LogP contribution in [0.1, 0.15) is 47.9 Å². The van der Waals surface area contributed by atoms with E-state index in [-0.39, 0.29) is 49.1 Å². The number of aliphatic carboxylic acids is 1. The van der Waals surface area contributed by atoms with Gasteiger partial charge in [-0.2, -0.15) is 9.97 Å². The lowest BCUT2D eigenvalue weighted by Gasteiger charge is -2.09. The number of ketones is 2. The normalized spacial score (nSPS) is 12.3. The Labute approximate surface area is 279 Å². The highest BCUT2D eigenvalue weighted by atomic mass is 16.5. The van der Waals surface area contributed by atoms with Gasteiger partial charge in [-0.1, -0.05) is 12.1 Å². The first kappa shape index (κ1) is 33.8. The SMILES string of the molecule is COC(=O)CCC(=O)C1=NCc2ccc(Nc3ccnc(N)n3)cc21.Nc1nccc(Nc2ccc3c(c2)C(C(=O)CCC(=O)O)=NC3)n1. The number of carbonyl (C=O) groups excluding carboxylic acids is 3. The van der Waals surface area contributed by atoms with Gasteiger partial charge in [0.15, 0.2) is 11.6 Å². The highest BCUT2D eigenvalue weighted by Crippen LogP contribution is 2.27. The van der Waals surface area contributed by atoms with Gasteiger partial charge in [-0.25, -0.2) is 9.97 Å². The number of nitrogens with zero attached hydrogens (tertiary/aromatic N) is 6. The summed E-state index contributed by atoms with van der Waals surface area (Å²) < 4.78 is 4.56. The van der Waals surface area contributed by atoms with Gasteiger partial charge >= 0.3 is 11.9 Å². The van der Waals surface area contributed by atoms with E-state index in [2.05, 4.69) is 45.3 Å². The van der Waals surface area contributed by atoms with Crippen LogP contribution in [0.2, 0.25) is 0 Å². The van der Waals surface area contributed by atoms with Gasteiger partial charge < -0.3 is 31.9 Å². The fourth-order valence-electron chi connectivity index (χ4n) is 4.96. The zero-order chi connectivity index (χ0) is 34.9. The van der Waals surface area contributed by atoms with Crippen LogP contribution in [0.25, 0.3) is 0 Å². The average Bonchev–Trinajstić information content (AvgIpc) is 3.70. The standard InChI is InChI=1S/C17H17N5O3.C16H15N5O3/c1-25-15(24)5-4-13(23)16-12-8-11(3-2-10(12)9-20-16)21-14-6-7-19-17(18)22-14;17-16-18-6-5-13(21-16)20-10-2-1-9-8-19-15(11(9)7-10)12(22)3-4-14(23)24/h2-3,6-8H,4-5,9H2,1H3,(H3,18,19,21,22);1-2,5-7H,3-4,8H2,(H,23,24)(H3,17,18,20,21). The van der Waals surface area contributed by atoms with Gasteiger partial charge in [0, 0.05) is 47.7 Å². The molecule has 2 aromatic heterocycles. The van der Waals surface area contributed by atoms with Crippen molar-refractivity contribution in [3.8, 4) is 0 Å². The predicted octanol–water partition coefficient (Wildman–Crippen LogP) is 3.17. The third-order valence-electron chi connectivity index (χ3n) is 7.32. The molecule has 2 aromatic carbocycles. The number of nitrogens with two attached hydrogens (primary N) is 2. The summed E-state index contributed by atoms with van der Waals surface area (Å²) in [5.41, 5.74) is 16.7. The quantitative estimate of drug-likeness (QED) is 0.136. The highest BCUT2D eigenvalue weighted by Gasteiger charge is 2.24. The molecule has 16 heteroatoms. The van der Waals surface area contributed by atoms with E-state index >= 15 is 0 Å². The van der Waals surface area contributed by atoms with Crippen molar-refractivity contribution in [2.45, 2.75) is 38.8 Å². The second-order valence-corrected chi connectivity index (χ2v) is 10.7. The number of nitrogen functional groups attached to an aromatic ring is 2. The van der Waals surface area contributed by atoms with E-state index < -0.39 is 11.9 Å². The van der Waals surface area contributed by atoms with Gasteiger partial charge in [-0.05, 0) is 47.5 Å². The summed E-state index contributed by atoms with van der Waals surface area (Å²) in [4.78, 5) is 70.7. The molecule has 0 fully saturated rings. The second-order valence-electron chi connectivity index (χ2n) is 10.7. The van der Waals surface area contributed by atoms with Gasteiger partial charge in [0.05, 0.1) is 33.0 Å². The Morgan fingerprint density at radius 2 is 1.18 bits per heavy atom. The first-order valence-corrected chi connectivity index (χ1v) is 15.0. The number of carboxylic acids is 1. The van der Waals surface area contributed by atoms with Crippen LogP contribution in [-0.2, 0) is 37.0 Å². The Bertz CT molecular complexity index is 1990. The first-order chi connectivity index (χ1) is 23.6. The number of anilines is 6. The minimum absolute atomic E-state index is 0.0435. The number of benzene rings is 2. The van der Waals surface area contributed by atoms with Crippen molar-refractivity contribution < 1.29 is 29.0 Å². The van der Waals surface area contributed by atoms with E-state index in [4.69, 9.17) is 16.6 Å². The molecular formula is C33H32N10O6. The molecule has 0 bridgehead atoms. The number of nitrogens with one attached hydrogen (secondary N) is 2. The van der Waals surface area contributed by atoms with E-state index in [9.17, 15) is 19.2 Å². The molecule has 2 aliphatic rings. The molecule has 0 amide bonds. The van der Waals surface area contributed by atoms with Crippen molar-refractivity contribution in [2.75, 3.05) is 29.2 Å². The summed E-state index contributed by atoms with van der Waals surface area (Å²) in [6.45, 7) is 0.875. The molecule has 0 spiro atoms. The van der Waals surface area contributed by atoms with Crippen molar-refractivity contribution in [1.29, 1.82) is 0 Å². The smallest absolute Gasteiger partial charge is 0.305 e. The first-order valence-electron chi connectivity index (χ1n) is 15.0.